The van der Waals surface area contributed by atoms with E-state index < -0.39 is 40.3 Å². The molecule has 0 spiro atoms. The highest BCUT2D eigenvalue weighted by Gasteiger charge is 2.49. The molecule has 17 heteroatoms. The van der Waals surface area contributed by atoms with Gasteiger partial charge >= 0.3 is 16.4 Å². The summed E-state index contributed by atoms with van der Waals surface area (Å²) in [7, 11) is -4.88. The first-order valence-corrected chi connectivity index (χ1v) is 10.4. The number of hydroxylamine groups is 2. The topological polar surface area (TPSA) is 215 Å². The second-order valence-corrected chi connectivity index (χ2v) is 7.68. The SMILES string of the molecule is NCCCc1nnn(CC(=O)NNC(=O)[C@@H]2CC[C@@H]3CN2C(=O)N3OS(=O)(=O)O)n1. The lowest BCUT2D eigenvalue weighted by molar-refractivity contribution is -0.132. The van der Waals surface area contributed by atoms with Crippen LogP contribution in [0.1, 0.15) is 25.1 Å². The van der Waals surface area contributed by atoms with Crippen molar-refractivity contribution in [2.24, 2.45) is 5.73 Å². The minimum atomic E-state index is -4.88. The number of amides is 4. The van der Waals surface area contributed by atoms with Crippen LogP contribution in [0.3, 0.4) is 0 Å². The lowest BCUT2D eigenvalue weighted by Gasteiger charge is -2.29. The van der Waals surface area contributed by atoms with Crippen molar-refractivity contribution in [2.75, 3.05) is 13.1 Å². The van der Waals surface area contributed by atoms with Crippen LogP contribution in [-0.4, -0.2) is 86.2 Å². The van der Waals surface area contributed by atoms with E-state index in [1.165, 1.54) is 0 Å². The van der Waals surface area contributed by atoms with Crippen LogP contribution in [0.4, 0.5) is 4.79 Å². The fraction of sp³-hybridized carbons (Fsp3) is 0.692. The lowest BCUT2D eigenvalue weighted by atomic mass is 10.0. The van der Waals surface area contributed by atoms with Crippen LogP contribution in [-0.2, 0) is 37.2 Å². The highest BCUT2D eigenvalue weighted by Crippen LogP contribution is 2.30. The zero-order chi connectivity index (χ0) is 21.9. The summed E-state index contributed by atoms with van der Waals surface area (Å²) in [4.78, 5) is 38.8. The molecule has 0 aliphatic carbocycles. The molecule has 30 heavy (non-hydrogen) atoms. The number of nitrogens with two attached hydrogens (primary N) is 1. The summed E-state index contributed by atoms with van der Waals surface area (Å²) in [5.74, 6) is -0.846. The van der Waals surface area contributed by atoms with Crippen LogP contribution in [0.15, 0.2) is 0 Å². The summed E-state index contributed by atoms with van der Waals surface area (Å²) in [5, 5.41) is 12.0. The molecular weight excluding hydrogens is 426 g/mol. The van der Waals surface area contributed by atoms with Gasteiger partial charge in [0.2, 0.25) is 0 Å². The van der Waals surface area contributed by atoms with E-state index in [1.807, 2.05) is 0 Å². The van der Waals surface area contributed by atoms with Crippen molar-refractivity contribution in [3.05, 3.63) is 5.82 Å². The Morgan fingerprint density at radius 1 is 1.30 bits per heavy atom. The number of nitrogens with zero attached hydrogens (tertiary/aromatic N) is 6. The van der Waals surface area contributed by atoms with Gasteiger partial charge in [0.15, 0.2) is 5.82 Å². The molecule has 1 aromatic rings. The van der Waals surface area contributed by atoms with Gasteiger partial charge in [-0.15, -0.1) is 14.5 Å². The predicted molar refractivity (Wildman–Crippen MR) is 94.9 cm³/mol. The molecule has 2 aliphatic heterocycles. The number of aromatic nitrogens is 4. The van der Waals surface area contributed by atoms with Gasteiger partial charge in [0, 0.05) is 13.0 Å². The third-order valence-electron chi connectivity index (χ3n) is 4.51. The molecule has 166 valence electrons. The maximum atomic E-state index is 12.4. The van der Waals surface area contributed by atoms with E-state index in [9.17, 15) is 22.8 Å². The zero-order valence-corrected chi connectivity index (χ0v) is 16.5. The van der Waals surface area contributed by atoms with Crippen LogP contribution < -0.4 is 16.6 Å². The van der Waals surface area contributed by atoms with Gasteiger partial charge in [-0.3, -0.25) is 25.0 Å². The van der Waals surface area contributed by atoms with Crippen molar-refractivity contribution in [2.45, 2.75) is 44.3 Å². The highest BCUT2D eigenvalue weighted by molar-refractivity contribution is 7.80. The molecule has 0 aromatic carbocycles. The molecule has 2 fully saturated rings. The third kappa shape index (κ3) is 5.17. The Morgan fingerprint density at radius 3 is 2.77 bits per heavy atom. The minimum Gasteiger partial charge on any atom is -0.330 e. The first-order valence-electron chi connectivity index (χ1n) is 9.00. The summed E-state index contributed by atoms with van der Waals surface area (Å²) < 4.78 is 34.9. The Bertz CT molecular complexity index is 920. The molecule has 3 rings (SSSR count). The van der Waals surface area contributed by atoms with Crippen molar-refractivity contribution in [3.8, 4) is 0 Å². The fourth-order valence-corrected chi connectivity index (χ4v) is 3.58. The number of tetrazole rings is 1. The van der Waals surface area contributed by atoms with Crippen LogP contribution in [0.25, 0.3) is 0 Å². The molecule has 0 radical (unpaired) electrons. The summed E-state index contributed by atoms with van der Waals surface area (Å²) >= 11 is 0. The number of fused-ring (bicyclic) bond motifs is 2. The predicted octanol–water partition coefficient (Wildman–Crippen LogP) is -3.29. The van der Waals surface area contributed by atoms with Crippen molar-refractivity contribution in [3.63, 3.8) is 0 Å². The number of carbonyl (C=O) groups excluding carboxylic acids is 3. The molecule has 2 bridgehead atoms. The second kappa shape index (κ2) is 8.86. The first kappa shape index (κ1) is 21.8. The Morgan fingerprint density at radius 2 is 2.07 bits per heavy atom. The van der Waals surface area contributed by atoms with Gasteiger partial charge in [0.1, 0.15) is 12.6 Å². The Hall–Kier alpha value is -2.89. The Labute approximate surface area is 170 Å². The van der Waals surface area contributed by atoms with Crippen LogP contribution >= 0.6 is 0 Å². The van der Waals surface area contributed by atoms with Crippen LogP contribution in [0.2, 0.25) is 0 Å². The molecule has 1 aromatic heterocycles. The summed E-state index contributed by atoms with van der Waals surface area (Å²) in [6.07, 6.45) is 1.68. The van der Waals surface area contributed by atoms with Gasteiger partial charge in [0.05, 0.1) is 6.04 Å². The van der Waals surface area contributed by atoms with Gasteiger partial charge in [-0.2, -0.15) is 18.3 Å². The summed E-state index contributed by atoms with van der Waals surface area (Å²) in [6, 6.07) is -2.44. The number of hydrogen-bond donors (Lipinski definition) is 4. The normalized spacial score (nSPS) is 21.1. The molecule has 0 saturated carbocycles. The van der Waals surface area contributed by atoms with Gasteiger partial charge in [0.25, 0.3) is 11.8 Å². The standard InChI is InChI=1S/C13H21N9O7S/c14-5-1-2-10-15-19-21(18-10)7-11(23)16-17-12(24)9-4-3-8-6-20(9)13(25)22(8)29-30(26,27)28/h8-9H,1-7,14H2,(H,16,23)(H,17,24)(H,26,27,28)/t8-,9+/m1/s1. The van der Waals surface area contributed by atoms with Gasteiger partial charge < -0.3 is 10.6 Å². The molecular formula is C13H21N9O7S. The number of aryl methyl sites for hydroxylation is 1. The smallest absolute Gasteiger partial charge is 0.330 e. The zero-order valence-electron chi connectivity index (χ0n) is 15.7. The van der Waals surface area contributed by atoms with E-state index in [0.29, 0.717) is 30.3 Å². The largest absolute Gasteiger partial charge is 0.418 e. The van der Waals surface area contributed by atoms with Gasteiger partial charge in [-0.05, 0) is 31.0 Å². The van der Waals surface area contributed by atoms with E-state index in [4.69, 9.17) is 10.3 Å². The van der Waals surface area contributed by atoms with Crippen LogP contribution in [0, 0.1) is 0 Å². The highest BCUT2D eigenvalue weighted by atomic mass is 32.3. The molecule has 2 saturated heterocycles. The van der Waals surface area contributed by atoms with Crippen LogP contribution in [0.5, 0.6) is 0 Å². The van der Waals surface area contributed by atoms with Gasteiger partial charge in [-0.25, -0.2) is 4.79 Å². The second-order valence-electron chi connectivity index (χ2n) is 6.68. The molecule has 2 atom stereocenters. The molecule has 0 unspecified atom stereocenters. The number of urea groups is 1. The number of piperidine rings is 1. The van der Waals surface area contributed by atoms with Crippen molar-refractivity contribution >= 4 is 28.2 Å². The molecule has 16 nitrogen and oxygen atoms in total. The number of nitrogens with one attached hydrogen (secondary N) is 2. The average Bonchev–Trinajstić information content (AvgIpc) is 3.22. The van der Waals surface area contributed by atoms with Crippen molar-refractivity contribution < 1.29 is 31.6 Å². The van der Waals surface area contributed by atoms with Crippen molar-refractivity contribution in [1.82, 2.24) is 41.0 Å². The fourth-order valence-electron chi connectivity index (χ4n) is 3.19. The molecule has 4 amide bonds. The maximum absolute atomic E-state index is 12.4. The van der Waals surface area contributed by atoms with E-state index in [1.54, 1.807) is 0 Å². The molecule has 2 aliphatic rings. The first-order chi connectivity index (χ1) is 14.2. The van der Waals surface area contributed by atoms with E-state index in [0.717, 1.165) is 9.70 Å². The summed E-state index contributed by atoms with van der Waals surface area (Å²) in [6.45, 7) is 0.221. The van der Waals surface area contributed by atoms with E-state index >= 15 is 0 Å². The average molecular weight is 447 g/mol. The van der Waals surface area contributed by atoms with E-state index in [-0.39, 0.29) is 25.9 Å². The Kier molecular flexibility index (Phi) is 6.44. The molecule has 3 heterocycles. The number of rotatable bonds is 8. The summed E-state index contributed by atoms with van der Waals surface area (Å²) in [5.41, 5.74) is 9.81. The molecule has 5 N–H and O–H groups in total. The third-order valence-corrected chi connectivity index (χ3v) is 4.86. The number of carbonyl (C=O) groups is 3. The quantitative estimate of drug-likeness (QED) is 0.229. The Balaban J connectivity index is 1.50. The van der Waals surface area contributed by atoms with Crippen molar-refractivity contribution in [1.29, 1.82) is 0 Å². The maximum Gasteiger partial charge on any atom is 0.418 e. The number of hydrogen-bond acceptors (Lipinski definition) is 10. The number of hydrazine groups is 1. The monoisotopic (exact) mass is 447 g/mol. The lowest BCUT2D eigenvalue weighted by Crippen LogP contribution is -2.54. The van der Waals surface area contributed by atoms with E-state index in [2.05, 4.69) is 30.5 Å². The minimum absolute atomic E-state index is 0.0365. The van der Waals surface area contributed by atoms with Gasteiger partial charge in [-0.1, -0.05) is 0 Å².